The molecule has 0 spiro atoms. The molecule has 2 saturated heterocycles. The van der Waals surface area contributed by atoms with Gasteiger partial charge in [0.25, 0.3) is 0 Å². The molecule has 0 bridgehead atoms. The molecule has 37 heavy (non-hydrogen) atoms. The van der Waals surface area contributed by atoms with Gasteiger partial charge in [-0.15, -0.1) is 0 Å². The summed E-state index contributed by atoms with van der Waals surface area (Å²) in [4.78, 5) is 37.6. The lowest BCUT2D eigenvalue weighted by molar-refractivity contribution is -0.138. The SMILES string of the molecule is CN(C)CCCn1c(=O)n(C2CCN(C(=O)C3CCN(Cc4ccncc4)CC3)CC2)c2ccccc21. The van der Waals surface area contributed by atoms with Crippen LogP contribution < -0.4 is 5.69 Å². The van der Waals surface area contributed by atoms with E-state index in [1.54, 1.807) is 0 Å². The van der Waals surface area contributed by atoms with Gasteiger partial charge in [0.2, 0.25) is 5.91 Å². The lowest BCUT2D eigenvalue weighted by Gasteiger charge is -2.37. The molecule has 2 aliphatic heterocycles. The smallest absolute Gasteiger partial charge is 0.329 e. The van der Waals surface area contributed by atoms with Gasteiger partial charge in [-0.1, -0.05) is 12.1 Å². The van der Waals surface area contributed by atoms with Crippen LogP contribution in [0.4, 0.5) is 0 Å². The van der Waals surface area contributed by atoms with E-state index in [9.17, 15) is 9.59 Å². The van der Waals surface area contributed by atoms with Crippen LogP contribution in [0, 0.1) is 5.92 Å². The number of likely N-dealkylation sites (tertiary alicyclic amines) is 2. The number of rotatable bonds is 8. The predicted molar refractivity (Wildman–Crippen MR) is 146 cm³/mol. The Labute approximate surface area is 219 Å². The molecule has 1 amide bonds. The second-order valence-corrected chi connectivity index (χ2v) is 10.9. The van der Waals surface area contributed by atoms with Crippen LogP contribution in [0.5, 0.6) is 0 Å². The van der Waals surface area contributed by atoms with Crippen molar-refractivity contribution >= 4 is 16.9 Å². The first-order valence-corrected chi connectivity index (χ1v) is 13.8. The highest BCUT2D eigenvalue weighted by molar-refractivity contribution is 5.79. The van der Waals surface area contributed by atoms with Gasteiger partial charge in [0, 0.05) is 50.5 Å². The fourth-order valence-electron chi connectivity index (χ4n) is 6.03. The van der Waals surface area contributed by atoms with Crippen molar-refractivity contribution in [1.29, 1.82) is 0 Å². The number of hydrogen-bond donors (Lipinski definition) is 0. The monoisotopic (exact) mass is 504 g/mol. The Morgan fingerprint density at radius 3 is 2.30 bits per heavy atom. The maximum Gasteiger partial charge on any atom is 0.329 e. The van der Waals surface area contributed by atoms with Gasteiger partial charge in [0.1, 0.15) is 0 Å². The highest BCUT2D eigenvalue weighted by Crippen LogP contribution is 2.28. The molecule has 0 saturated carbocycles. The zero-order valence-electron chi connectivity index (χ0n) is 22.3. The third kappa shape index (κ3) is 5.80. The van der Waals surface area contributed by atoms with Gasteiger partial charge >= 0.3 is 5.69 Å². The van der Waals surface area contributed by atoms with Crippen LogP contribution in [-0.4, -0.2) is 81.5 Å². The first-order valence-electron chi connectivity index (χ1n) is 13.8. The van der Waals surface area contributed by atoms with Crippen molar-refractivity contribution in [3.8, 4) is 0 Å². The third-order valence-electron chi connectivity index (χ3n) is 8.09. The van der Waals surface area contributed by atoms with E-state index in [0.717, 1.165) is 89.0 Å². The summed E-state index contributed by atoms with van der Waals surface area (Å²) in [5.41, 5.74) is 3.40. The summed E-state index contributed by atoms with van der Waals surface area (Å²) < 4.78 is 3.94. The van der Waals surface area contributed by atoms with E-state index in [-0.39, 0.29) is 17.6 Å². The molecule has 0 N–H and O–H groups in total. The van der Waals surface area contributed by atoms with Crippen LogP contribution in [0.3, 0.4) is 0 Å². The van der Waals surface area contributed by atoms with Crippen LogP contribution >= 0.6 is 0 Å². The Morgan fingerprint density at radius 2 is 1.62 bits per heavy atom. The minimum Gasteiger partial charge on any atom is -0.342 e. The number of pyridine rings is 1. The maximum atomic E-state index is 13.5. The number of nitrogens with zero attached hydrogens (tertiary/aromatic N) is 6. The molecule has 0 aliphatic carbocycles. The first kappa shape index (κ1) is 25.7. The Bertz CT molecular complexity index is 1230. The van der Waals surface area contributed by atoms with Gasteiger partial charge < -0.3 is 9.80 Å². The minimum absolute atomic E-state index is 0.0892. The van der Waals surface area contributed by atoms with E-state index < -0.39 is 0 Å². The average Bonchev–Trinajstić information content (AvgIpc) is 3.20. The molecule has 0 atom stereocenters. The molecule has 1 aromatic carbocycles. The normalized spacial score (nSPS) is 18.2. The largest absolute Gasteiger partial charge is 0.342 e. The van der Waals surface area contributed by atoms with E-state index in [2.05, 4.69) is 58.0 Å². The van der Waals surface area contributed by atoms with Crippen molar-refractivity contribution in [3.63, 3.8) is 0 Å². The Morgan fingerprint density at radius 1 is 0.946 bits per heavy atom. The maximum absolute atomic E-state index is 13.5. The molecule has 198 valence electrons. The zero-order chi connectivity index (χ0) is 25.8. The summed E-state index contributed by atoms with van der Waals surface area (Å²) in [5, 5.41) is 0. The van der Waals surface area contributed by atoms with Crippen molar-refractivity contribution in [2.45, 2.75) is 51.2 Å². The Kier molecular flexibility index (Phi) is 8.05. The molecule has 4 heterocycles. The minimum atomic E-state index is 0.0892. The van der Waals surface area contributed by atoms with E-state index >= 15 is 0 Å². The van der Waals surface area contributed by atoms with E-state index in [0.29, 0.717) is 5.91 Å². The summed E-state index contributed by atoms with van der Waals surface area (Å²) in [6.07, 6.45) is 8.12. The van der Waals surface area contributed by atoms with Gasteiger partial charge in [-0.2, -0.15) is 0 Å². The molecule has 8 nitrogen and oxygen atoms in total. The molecule has 5 rings (SSSR count). The number of hydrogen-bond acceptors (Lipinski definition) is 5. The van der Waals surface area contributed by atoms with Crippen molar-refractivity contribution in [2.24, 2.45) is 5.92 Å². The van der Waals surface area contributed by atoms with Crippen molar-refractivity contribution in [1.82, 2.24) is 28.8 Å². The number of carbonyl (C=O) groups excluding carboxylic acids is 1. The zero-order valence-corrected chi connectivity index (χ0v) is 22.3. The summed E-state index contributed by atoms with van der Waals surface area (Å²) in [7, 11) is 4.13. The van der Waals surface area contributed by atoms with Crippen LogP contribution in [0.1, 0.15) is 43.7 Å². The topological polar surface area (TPSA) is 66.6 Å². The molecule has 2 aliphatic rings. The fourth-order valence-corrected chi connectivity index (χ4v) is 6.03. The second kappa shape index (κ2) is 11.6. The molecule has 2 aromatic heterocycles. The number of piperidine rings is 2. The standard InChI is InChI=1S/C29H40N6O2/c1-31(2)16-5-17-34-26-6-3-4-7-27(26)35(29(34)37)25-12-20-33(21-13-25)28(36)24-10-18-32(19-11-24)22-23-8-14-30-15-9-23/h3-4,6-9,14-15,24-25H,5,10-13,16-22H2,1-2H3. The van der Waals surface area contributed by atoms with Crippen molar-refractivity contribution in [3.05, 3.63) is 64.8 Å². The lowest BCUT2D eigenvalue weighted by Crippen LogP contribution is -2.46. The van der Waals surface area contributed by atoms with Crippen LogP contribution in [0.15, 0.2) is 53.6 Å². The molecule has 3 aromatic rings. The lowest BCUT2D eigenvalue weighted by atomic mass is 9.93. The predicted octanol–water partition coefficient (Wildman–Crippen LogP) is 3.23. The summed E-state index contributed by atoms with van der Waals surface area (Å²) >= 11 is 0. The van der Waals surface area contributed by atoms with Crippen LogP contribution in [-0.2, 0) is 17.9 Å². The number of amides is 1. The number of fused-ring (bicyclic) bond motifs is 1. The molecular formula is C29H40N6O2. The van der Waals surface area contributed by atoms with Gasteiger partial charge in [0.15, 0.2) is 0 Å². The Hall–Kier alpha value is -2.97. The highest BCUT2D eigenvalue weighted by atomic mass is 16.2. The van der Waals surface area contributed by atoms with E-state index in [1.165, 1.54) is 5.56 Å². The summed E-state index contributed by atoms with van der Waals surface area (Å²) in [6.45, 7) is 5.97. The fraction of sp³-hybridized carbons (Fsp3) is 0.552. The number of aryl methyl sites for hydroxylation is 1. The number of benzene rings is 1. The molecular weight excluding hydrogens is 464 g/mol. The first-order chi connectivity index (χ1) is 18.0. The molecule has 0 radical (unpaired) electrons. The molecule has 0 unspecified atom stereocenters. The van der Waals surface area contributed by atoms with Crippen LogP contribution in [0.2, 0.25) is 0 Å². The number of carbonyl (C=O) groups is 1. The van der Waals surface area contributed by atoms with Gasteiger partial charge in [-0.3, -0.25) is 23.8 Å². The van der Waals surface area contributed by atoms with Gasteiger partial charge in [0.05, 0.1) is 11.0 Å². The number of imidazole rings is 1. The van der Waals surface area contributed by atoms with E-state index in [4.69, 9.17) is 0 Å². The highest BCUT2D eigenvalue weighted by Gasteiger charge is 2.32. The molecule has 8 heteroatoms. The molecule has 2 fully saturated rings. The van der Waals surface area contributed by atoms with Crippen molar-refractivity contribution < 1.29 is 4.79 Å². The van der Waals surface area contributed by atoms with Gasteiger partial charge in [-0.25, -0.2) is 4.79 Å². The average molecular weight is 505 g/mol. The second-order valence-electron chi connectivity index (χ2n) is 10.9. The Balaban J connectivity index is 1.18. The number of aromatic nitrogens is 3. The number of para-hydroxylation sites is 2. The summed E-state index contributed by atoms with van der Waals surface area (Å²) in [6, 6.07) is 12.4. The van der Waals surface area contributed by atoms with Gasteiger partial charge in [-0.05, 0) is 95.7 Å². The van der Waals surface area contributed by atoms with E-state index in [1.807, 2.05) is 33.7 Å². The third-order valence-corrected chi connectivity index (χ3v) is 8.09. The van der Waals surface area contributed by atoms with Crippen LogP contribution in [0.25, 0.3) is 11.0 Å². The quantitative estimate of drug-likeness (QED) is 0.471. The summed E-state index contributed by atoms with van der Waals surface area (Å²) in [5.74, 6) is 0.423. The van der Waals surface area contributed by atoms with Crippen molar-refractivity contribution in [2.75, 3.05) is 46.8 Å².